The summed E-state index contributed by atoms with van der Waals surface area (Å²) >= 11 is 0. The second-order valence-corrected chi connectivity index (χ2v) is 3.36. The minimum atomic E-state index is -0.478. The van der Waals surface area contributed by atoms with Crippen molar-refractivity contribution in [1.29, 1.82) is 0 Å². The van der Waals surface area contributed by atoms with E-state index >= 15 is 0 Å². The van der Waals surface area contributed by atoms with Gasteiger partial charge in [-0.25, -0.2) is 4.39 Å². The second kappa shape index (κ2) is 3.42. The van der Waals surface area contributed by atoms with Crippen LogP contribution in [0.4, 0.5) is 4.39 Å². The molecule has 1 aromatic heterocycles. The quantitative estimate of drug-likeness (QED) is 0.755. The van der Waals surface area contributed by atoms with E-state index in [1.54, 1.807) is 12.3 Å². The zero-order valence-electron chi connectivity index (χ0n) is 7.92. The van der Waals surface area contributed by atoms with Crippen molar-refractivity contribution < 1.29 is 9.50 Å². The molecule has 0 fully saturated rings. The third-order valence-electron chi connectivity index (χ3n) is 2.42. The van der Waals surface area contributed by atoms with Gasteiger partial charge in [-0.1, -0.05) is 6.92 Å². The van der Waals surface area contributed by atoms with Gasteiger partial charge in [0, 0.05) is 22.7 Å². The summed E-state index contributed by atoms with van der Waals surface area (Å²) < 4.78 is 12.8. The lowest BCUT2D eigenvalue weighted by atomic mass is 10.1. The Morgan fingerprint density at radius 3 is 3.00 bits per heavy atom. The SMILES string of the molecule is CC[C@H](O)c1c[nH]c2cc(F)ccc12. The highest BCUT2D eigenvalue weighted by molar-refractivity contribution is 5.83. The molecule has 1 heterocycles. The van der Waals surface area contributed by atoms with E-state index < -0.39 is 6.10 Å². The first-order chi connectivity index (χ1) is 6.72. The van der Waals surface area contributed by atoms with Crippen LogP contribution < -0.4 is 0 Å². The summed E-state index contributed by atoms with van der Waals surface area (Å²) in [5.41, 5.74) is 1.56. The molecule has 0 spiro atoms. The fraction of sp³-hybridized carbons (Fsp3) is 0.273. The normalized spacial score (nSPS) is 13.4. The highest BCUT2D eigenvalue weighted by atomic mass is 19.1. The molecule has 0 saturated carbocycles. The minimum absolute atomic E-state index is 0.267. The van der Waals surface area contributed by atoms with Gasteiger partial charge in [0.05, 0.1) is 6.10 Å². The van der Waals surface area contributed by atoms with Crippen molar-refractivity contribution in [1.82, 2.24) is 4.98 Å². The Labute approximate surface area is 81.4 Å². The van der Waals surface area contributed by atoms with Gasteiger partial charge in [-0.3, -0.25) is 0 Å². The monoisotopic (exact) mass is 193 g/mol. The number of aromatic amines is 1. The Kier molecular flexibility index (Phi) is 2.25. The summed E-state index contributed by atoms with van der Waals surface area (Å²) in [6.07, 6.45) is 1.91. The molecule has 0 aliphatic heterocycles. The van der Waals surface area contributed by atoms with Gasteiger partial charge in [-0.2, -0.15) is 0 Å². The van der Waals surface area contributed by atoms with E-state index in [2.05, 4.69) is 4.98 Å². The number of H-pyrrole nitrogens is 1. The van der Waals surface area contributed by atoms with Gasteiger partial charge in [-0.05, 0) is 24.6 Å². The van der Waals surface area contributed by atoms with Crippen LogP contribution in [-0.2, 0) is 0 Å². The molecule has 0 unspecified atom stereocenters. The van der Waals surface area contributed by atoms with Crippen LogP contribution in [0.3, 0.4) is 0 Å². The van der Waals surface area contributed by atoms with Crippen molar-refractivity contribution in [2.24, 2.45) is 0 Å². The number of aliphatic hydroxyl groups is 1. The molecule has 14 heavy (non-hydrogen) atoms. The summed E-state index contributed by atoms with van der Waals surface area (Å²) in [5.74, 6) is -0.267. The van der Waals surface area contributed by atoms with Gasteiger partial charge in [0.1, 0.15) is 5.82 Å². The molecular formula is C11H12FNO. The van der Waals surface area contributed by atoms with Crippen molar-refractivity contribution in [3.8, 4) is 0 Å². The minimum Gasteiger partial charge on any atom is -0.388 e. The molecule has 2 N–H and O–H groups in total. The van der Waals surface area contributed by atoms with Crippen LogP contribution in [0.1, 0.15) is 25.0 Å². The fourth-order valence-electron chi connectivity index (χ4n) is 1.62. The van der Waals surface area contributed by atoms with Gasteiger partial charge < -0.3 is 10.1 Å². The number of rotatable bonds is 2. The Morgan fingerprint density at radius 1 is 1.50 bits per heavy atom. The molecule has 1 aromatic carbocycles. The van der Waals surface area contributed by atoms with Crippen LogP contribution in [0, 0.1) is 5.82 Å². The second-order valence-electron chi connectivity index (χ2n) is 3.36. The van der Waals surface area contributed by atoms with Crippen molar-refractivity contribution in [2.75, 3.05) is 0 Å². The highest BCUT2D eigenvalue weighted by Gasteiger charge is 2.10. The summed E-state index contributed by atoms with van der Waals surface area (Å²) in [7, 11) is 0. The molecule has 0 aliphatic carbocycles. The third kappa shape index (κ3) is 1.40. The largest absolute Gasteiger partial charge is 0.388 e. The zero-order chi connectivity index (χ0) is 10.1. The van der Waals surface area contributed by atoms with E-state index in [1.165, 1.54) is 12.1 Å². The van der Waals surface area contributed by atoms with Gasteiger partial charge in [-0.15, -0.1) is 0 Å². The first kappa shape index (κ1) is 9.21. The Morgan fingerprint density at radius 2 is 2.29 bits per heavy atom. The van der Waals surface area contributed by atoms with Gasteiger partial charge in [0.2, 0.25) is 0 Å². The molecule has 74 valence electrons. The number of fused-ring (bicyclic) bond motifs is 1. The van der Waals surface area contributed by atoms with E-state index in [-0.39, 0.29) is 5.82 Å². The molecule has 0 radical (unpaired) electrons. The number of nitrogens with one attached hydrogen (secondary N) is 1. The van der Waals surface area contributed by atoms with Crippen molar-refractivity contribution in [3.05, 3.63) is 35.8 Å². The molecule has 2 rings (SSSR count). The van der Waals surface area contributed by atoms with E-state index in [1.807, 2.05) is 6.92 Å². The van der Waals surface area contributed by atoms with Crippen LogP contribution >= 0.6 is 0 Å². The molecule has 0 aliphatic rings. The maximum Gasteiger partial charge on any atom is 0.125 e. The van der Waals surface area contributed by atoms with E-state index in [4.69, 9.17) is 0 Å². The highest BCUT2D eigenvalue weighted by Crippen LogP contribution is 2.26. The van der Waals surface area contributed by atoms with E-state index in [0.717, 1.165) is 16.5 Å². The standard InChI is InChI=1S/C11H12FNO/c1-2-11(14)9-6-13-10-5-7(12)3-4-8(9)10/h3-6,11,13-14H,2H2,1H3/t11-/m0/s1. The lowest BCUT2D eigenvalue weighted by Crippen LogP contribution is -1.92. The van der Waals surface area contributed by atoms with Gasteiger partial charge in [0.25, 0.3) is 0 Å². The van der Waals surface area contributed by atoms with Crippen LogP contribution in [0.2, 0.25) is 0 Å². The Bertz CT molecular complexity index is 449. The van der Waals surface area contributed by atoms with Crippen LogP contribution in [0.5, 0.6) is 0 Å². The fourth-order valence-corrected chi connectivity index (χ4v) is 1.62. The number of hydrogen-bond donors (Lipinski definition) is 2. The van der Waals surface area contributed by atoms with E-state index in [9.17, 15) is 9.50 Å². The summed E-state index contributed by atoms with van der Waals surface area (Å²) in [6.45, 7) is 1.91. The predicted molar refractivity (Wildman–Crippen MR) is 53.5 cm³/mol. The first-order valence-electron chi connectivity index (χ1n) is 4.67. The van der Waals surface area contributed by atoms with Crippen molar-refractivity contribution in [3.63, 3.8) is 0 Å². The van der Waals surface area contributed by atoms with Crippen molar-refractivity contribution >= 4 is 10.9 Å². The average molecular weight is 193 g/mol. The van der Waals surface area contributed by atoms with Crippen LogP contribution in [0.25, 0.3) is 10.9 Å². The van der Waals surface area contributed by atoms with Gasteiger partial charge in [0.15, 0.2) is 0 Å². The van der Waals surface area contributed by atoms with Gasteiger partial charge >= 0.3 is 0 Å². The number of benzene rings is 1. The Hall–Kier alpha value is -1.35. The Balaban J connectivity index is 2.58. The van der Waals surface area contributed by atoms with E-state index in [0.29, 0.717) is 6.42 Å². The maximum atomic E-state index is 12.8. The maximum absolute atomic E-state index is 12.8. The third-order valence-corrected chi connectivity index (χ3v) is 2.42. The molecule has 3 heteroatoms. The number of hydrogen-bond acceptors (Lipinski definition) is 1. The number of aromatic nitrogens is 1. The lowest BCUT2D eigenvalue weighted by molar-refractivity contribution is 0.175. The smallest absolute Gasteiger partial charge is 0.125 e. The summed E-state index contributed by atoms with van der Waals surface area (Å²) in [4.78, 5) is 2.94. The molecule has 2 aromatic rings. The topological polar surface area (TPSA) is 36.0 Å². The average Bonchev–Trinajstić information content (AvgIpc) is 2.59. The van der Waals surface area contributed by atoms with Crippen LogP contribution in [-0.4, -0.2) is 10.1 Å². The molecule has 2 nitrogen and oxygen atoms in total. The van der Waals surface area contributed by atoms with Crippen molar-refractivity contribution in [2.45, 2.75) is 19.4 Å². The summed E-state index contributed by atoms with van der Waals surface area (Å²) in [5, 5.41) is 10.6. The summed E-state index contributed by atoms with van der Waals surface area (Å²) in [6, 6.07) is 4.53. The number of aliphatic hydroxyl groups excluding tert-OH is 1. The first-order valence-corrected chi connectivity index (χ1v) is 4.67. The lowest BCUT2D eigenvalue weighted by Gasteiger charge is -2.05. The molecule has 0 saturated heterocycles. The molecule has 1 atom stereocenters. The molecule has 0 amide bonds. The molecular weight excluding hydrogens is 181 g/mol. The van der Waals surface area contributed by atoms with Crippen LogP contribution in [0.15, 0.2) is 24.4 Å². The number of halogens is 1. The predicted octanol–water partition coefficient (Wildman–Crippen LogP) is 2.75. The molecule has 0 bridgehead atoms. The zero-order valence-corrected chi connectivity index (χ0v) is 7.92.